The van der Waals surface area contributed by atoms with Crippen LogP contribution >= 0.6 is 0 Å². The molecule has 1 amide bonds. The summed E-state index contributed by atoms with van der Waals surface area (Å²) in [4.78, 5) is 11.7. The van der Waals surface area contributed by atoms with Gasteiger partial charge < -0.3 is 15.8 Å². The summed E-state index contributed by atoms with van der Waals surface area (Å²) in [6.07, 6.45) is 1.74. The maximum absolute atomic E-state index is 11.7. The van der Waals surface area contributed by atoms with Crippen molar-refractivity contribution in [3.63, 3.8) is 0 Å². The van der Waals surface area contributed by atoms with Crippen LogP contribution in [0.25, 0.3) is 0 Å². The Morgan fingerprint density at radius 2 is 2.20 bits per heavy atom. The summed E-state index contributed by atoms with van der Waals surface area (Å²) >= 11 is 0. The average molecular weight is 274 g/mol. The highest BCUT2D eigenvalue weighted by Crippen LogP contribution is 2.19. The Morgan fingerprint density at radius 3 is 2.85 bits per heavy atom. The smallest absolute Gasteiger partial charge is 0.258 e. The standard InChI is InChI=1S/C14H18N4O2/c1-10-11(8-17-18(10)2)7-16-14(19)9-20-13-6-4-3-5-12(13)15/h3-6,8H,7,9,15H2,1-2H3,(H,16,19). The first-order valence-electron chi connectivity index (χ1n) is 6.29. The molecule has 0 fully saturated rings. The summed E-state index contributed by atoms with van der Waals surface area (Å²) in [6, 6.07) is 7.08. The topological polar surface area (TPSA) is 82.2 Å². The van der Waals surface area contributed by atoms with Crippen molar-refractivity contribution in [1.82, 2.24) is 15.1 Å². The van der Waals surface area contributed by atoms with Crippen molar-refractivity contribution in [1.29, 1.82) is 0 Å². The normalized spacial score (nSPS) is 10.3. The average Bonchev–Trinajstić information content (AvgIpc) is 2.76. The lowest BCUT2D eigenvalue weighted by molar-refractivity contribution is -0.123. The van der Waals surface area contributed by atoms with E-state index in [9.17, 15) is 4.79 Å². The zero-order chi connectivity index (χ0) is 14.5. The minimum Gasteiger partial charge on any atom is -0.482 e. The highest BCUT2D eigenvalue weighted by Gasteiger charge is 2.07. The number of carbonyl (C=O) groups excluding carboxylic acids is 1. The molecule has 0 aliphatic heterocycles. The minimum atomic E-state index is -0.198. The molecule has 0 spiro atoms. The van der Waals surface area contributed by atoms with E-state index in [1.54, 1.807) is 23.0 Å². The van der Waals surface area contributed by atoms with Crippen LogP contribution in [0.1, 0.15) is 11.3 Å². The van der Waals surface area contributed by atoms with Crippen LogP contribution in [0.4, 0.5) is 5.69 Å². The number of rotatable bonds is 5. The Bertz CT molecular complexity index is 607. The van der Waals surface area contributed by atoms with E-state index in [1.165, 1.54) is 0 Å². The fourth-order valence-electron chi connectivity index (χ4n) is 1.72. The van der Waals surface area contributed by atoms with Crippen molar-refractivity contribution in [2.45, 2.75) is 13.5 Å². The van der Waals surface area contributed by atoms with Gasteiger partial charge in [-0.15, -0.1) is 0 Å². The van der Waals surface area contributed by atoms with Gasteiger partial charge in [-0.3, -0.25) is 9.48 Å². The van der Waals surface area contributed by atoms with Crippen LogP contribution in [-0.2, 0) is 18.4 Å². The number of hydrogen-bond donors (Lipinski definition) is 2. The van der Waals surface area contributed by atoms with Crippen LogP contribution in [-0.4, -0.2) is 22.3 Å². The number of nitrogens with one attached hydrogen (secondary N) is 1. The third-order valence-electron chi connectivity index (χ3n) is 3.09. The summed E-state index contributed by atoms with van der Waals surface area (Å²) in [7, 11) is 1.86. The first-order chi connectivity index (χ1) is 9.58. The van der Waals surface area contributed by atoms with E-state index in [0.29, 0.717) is 18.0 Å². The van der Waals surface area contributed by atoms with E-state index in [-0.39, 0.29) is 12.5 Å². The summed E-state index contributed by atoms with van der Waals surface area (Å²) in [5, 5.41) is 6.90. The van der Waals surface area contributed by atoms with Gasteiger partial charge in [-0.25, -0.2) is 0 Å². The zero-order valence-electron chi connectivity index (χ0n) is 11.6. The van der Waals surface area contributed by atoms with Gasteiger partial charge in [0.25, 0.3) is 5.91 Å². The SMILES string of the molecule is Cc1c(CNC(=O)COc2ccccc2N)cnn1C. The lowest BCUT2D eigenvalue weighted by Crippen LogP contribution is -2.28. The van der Waals surface area contributed by atoms with Crippen molar-refractivity contribution in [2.75, 3.05) is 12.3 Å². The van der Waals surface area contributed by atoms with Gasteiger partial charge in [0, 0.05) is 24.8 Å². The van der Waals surface area contributed by atoms with Crippen LogP contribution in [0.5, 0.6) is 5.75 Å². The number of aromatic nitrogens is 2. The summed E-state index contributed by atoms with van der Waals surface area (Å²) < 4.78 is 7.13. The molecule has 1 aromatic heterocycles. The molecule has 20 heavy (non-hydrogen) atoms. The fourth-order valence-corrected chi connectivity index (χ4v) is 1.72. The second-order valence-corrected chi connectivity index (χ2v) is 4.48. The Hall–Kier alpha value is -2.50. The predicted molar refractivity (Wildman–Crippen MR) is 76.1 cm³/mol. The summed E-state index contributed by atoms with van der Waals surface area (Å²) in [5.74, 6) is 0.316. The number of nitrogen functional groups attached to an aromatic ring is 1. The predicted octanol–water partition coefficient (Wildman–Crippen LogP) is 1.01. The largest absolute Gasteiger partial charge is 0.482 e. The first-order valence-corrected chi connectivity index (χ1v) is 6.29. The van der Waals surface area contributed by atoms with Crippen LogP contribution in [0, 0.1) is 6.92 Å². The molecule has 6 nitrogen and oxygen atoms in total. The Morgan fingerprint density at radius 1 is 1.45 bits per heavy atom. The molecule has 2 rings (SSSR count). The lowest BCUT2D eigenvalue weighted by atomic mass is 10.2. The number of hydrogen-bond acceptors (Lipinski definition) is 4. The van der Waals surface area contributed by atoms with Gasteiger partial charge >= 0.3 is 0 Å². The minimum absolute atomic E-state index is 0.0620. The molecule has 0 aliphatic rings. The van der Waals surface area contributed by atoms with Gasteiger partial charge in [0.2, 0.25) is 0 Å². The number of aryl methyl sites for hydroxylation is 1. The maximum atomic E-state index is 11.7. The monoisotopic (exact) mass is 274 g/mol. The third-order valence-corrected chi connectivity index (χ3v) is 3.09. The molecule has 0 saturated heterocycles. The van der Waals surface area contributed by atoms with Gasteiger partial charge in [-0.2, -0.15) is 5.10 Å². The van der Waals surface area contributed by atoms with E-state index in [2.05, 4.69) is 10.4 Å². The number of anilines is 1. The quantitative estimate of drug-likeness (QED) is 0.797. The van der Waals surface area contributed by atoms with Crippen molar-refractivity contribution in [3.05, 3.63) is 41.7 Å². The molecule has 2 aromatic rings. The van der Waals surface area contributed by atoms with Gasteiger partial charge in [0.1, 0.15) is 5.75 Å². The van der Waals surface area contributed by atoms with E-state index < -0.39 is 0 Å². The number of nitrogens with zero attached hydrogens (tertiary/aromatic N) is 2. The Balaban J connectivity index is 1.82. The molecule has 6 heteroatoms. The fraction of sp³-hybridized carbons (Fsp3) is 0.286. The summed E-state index contributed by atoms with van der Waals surface area (Å²) in [5.41, 5.74) is 8.26. The Labute approximate surface area is 117 Å². The number of ether oxygens (including phenoxy) is 1. The van der Waals surface area contributed by atoms with Crippen molar-refractivity contribution in [3.8, 4) is 5.75 Å². The van der Waals surface area contributed by atoms with Crippen LogP contribution in [0.3, 0.4) is 0 Å². The molecule has 0 atom stereocenters. The molecule has 106 valence electrons. The van der Waals surface area contributed by atoms with Crippen LogP contribution in [0.15, 0.2) is 30.5 Å². The number of para-hydroxylation sites is 2. The molecule has 0 radical (unpaired) electrons. The second-order valence-electron chi connectivity index (χ2n) is 4.48. The zero-order valence-corrected chi connectivity index (χ0v) is 11.6. The Kier molecular flexibility index (Phi) is 4.24. The molecule has 0 bridgehead atoms. The summed E-state index contributed by atoms with van der Waals surface area (Å²) in [6.45, 7) is 2.33. The van der Waals surface area contributed by atoms with Crippen molar-refractivity contribution >= 4 is 11.6 Å². The molecular weight excluding hydrogens is 256 g/mol. The highest BCUT2D eigenvalue weighted by molar-refractivity contribution is 5.77. The number of benzene rings is 1. The van der Waals surface area contributed by atoms with Crippen molar-refractivity contribution < 1.29 is 9.53 Å². The number of nitrogens with two attached hydrogens (primary N) is 1. The van der Waals surface area contributed by atoms with Gasteiger partial charge in [-0.05, 0) is 19.1 Å². The van der Waals surface area contributed by atoms with E-state index in [1.807, 2.05) is 26.1 Å². The van der Waals surface area contributed by atoms with E-state index in [0.717, 1.165) is 11.3 Å². The van der Waals surface area contributed by atoms with Gasteiger partial charge in [0.15, 0.2) is 6.61 Å². The molecule has 1 aromatic carbocycles. The molecular formula is C14H18N4O2. The second kappa shape index (κ2) is 6.10. The van der Waals surface area contributed by atoms with Gasteiger partial charge in [-0.1, -0.05) is 12.1 Å². The molecule has 0 unspecified atom stereocenters. The lowest BCUT2D eigenvalue weighted by Gasteiger charge is -2.09. The number of carbonyl (C=O) groups is 1. The van der Waals surface area contributed by atoms with Gasteiger partial charge in [0.05, 0.1) is 11.9 Å². The third kappa shape index (κ3) is 3.28. The number of amides is 1. The van der Waals surface area contributed by atoms with E-state index >= 15 is 0 Å². The van der Waals surface area contributed by atoms with Crippen molar-refractivity contribution in [2.24, 2.45) is 7.05 Å². The molecule has 1 heterocycles. The first kappa shape index (κ1) is 13.9. The van der Waals surface area contributed by atoms with E-state index in [4.69, 9.17) is 10.5 Å². The van der Waals surface area contributed by atoms with Crippen LogP contribution in [0.2, 0.25) is 0 Å². The molecule has 3 N–H and O–H groups in total. The van der Waals surface area contributed by atoms with Crippen LogP contribution < -0.4 is 15.8 Å². The maximum Gasteiger partial charge on any atom is 0.258 e. The molecule has 0 saturated carbocycles. The highest BCUT2D eigenvalue weighted by atomic mass is 16.5. The molecule has 0 aliphatic carbocycles.